The Hall–Kier alpha value is -2.37. The van der Waals surface area contributed by atoms with E-state index in [2.05, 4.69) is 0 Å². The van der Waals surface area contributed by atoms with Gasteiger partial charge in [0.1, 0.15) is 18.4 Å². The van der Waals surface area contributed by atoms with E-state index in [0.717, 1.165) is 5.56 Å². The molecule has 1 atom stereocenters. The zero-order valence-electron chi connectivity index (χ0n) is 11.8. The number of ketones is 1. The van der Waals surface area contributed by atoms with Gasteiger partial charge in [0.05, 0.1) is 0 Å². The van der Waals surface area contributed by atoms with Crippen LogP contribution in [0.3, 0.4) is 0 Å². The predicted octanol–water partition coefficient (Wildman–Crippen LogP) is 1.88. The fraction of sp³-hybridized carbons (Fsp3) is 0.400. The monoisotopic (exact) mass is 291 g/mol. The van der Waals surface area contributed by atoms with Crippen LogP contribution >= 0.6 is 0 Å². The molecule has 1 aromatic rings. The van der Waals surface area contributed by atoms with Gasteiger partial charge in [0.25, 0.3) is 0 Å². The number of esters is 1. The molecule has 0 radical (unpaired) electrons. The SMILES string of the molecule is CC(=O)CCC1C(=O)OCN1C(=O)OCc1ccccc1. The Morgan fingerprint density at radius 2 is 2.05 bits per heavy atom. The highest BCUT2D eigenvalue weighted by Gasteiger charge is 2.38. The summed E-state index contributed by atoms with van der Waals surface area (Å²) < 4.78 is 10.0. The van der Waals surface area contributed by atoms with Gasteiger partial charge in [-0.15, -0.1) is 0 Å². The molecule has 0 N–H and O–H groups in total. The van der Waals surface area contributed by atoms with Crippen LogP contribution < -0.4 is 0 Å². The third-order valence-corrected chi connectivity index (χ3v) is 3.20. The highest BCUT2D eigenvalue weighted by Crippen LogP contribution is 2.18. The maximum Gasteiger partial charge on any atom is 0.413 e. The van der Waals surface area contributed by atoms with Gasteiger partial charge >= 0.3 is 12.1 Å². The fourth-order valence-electron chi connectivity index (χ4n) is 2.04. The molecule has 2 rings (SSSR count). The lowest BCUT2D eigenvalue weighted by Crippen LogP contribution is -2.38. The Bertz CT molecular complexity index is 528. The largest absolute Gasteiger partial charge is 0.444 e. The minimum absolute atomic E-state index is 0.0349. The second kappa shape index (κ2) is 6.88. The van der Waals surface area contributed by atoms with E-state index in [1.165, 1.54) is 11.8 Å². The van der Waals surface area contributed by atoms with Crippen molar-refractivity contribution in [1.82, 2.24) is 4.90 Å². The van der Waals surface area contributed by atoms with Crippen LogP contribution in [0.5, 0.6) is 0 Å². The van der Waals surface area contributed by atoms with Crippen molar-refractivity contribution in [3.63, 3.8) is 0 Å². The molecule has 6 nitrogen and oxygen atoms in total. The maximum absolute atomic E-state index is 12.0. The maximum atomic E-state index is 12.0. The molecule has 1 fully saturated rings. The molecule has 1 aliphatic heterocycles. The molecule has 1 aliphatic rings. The number of hydrogen-bond acceptors (Lipinski definition) is 5. The summed E-state index contributed by atoms with van der Waals surface area (Å²) in [6.07, 6.45) is -0.130. The average Bonchev–Trinajstić information content (AvgIpc) is 2.85. The molecule has 0 aromatic heterocycles. The summed E-state index contributed by atoms with van der Waals surface area (Å²) in [7, 11) is 0. The molecule has 0 bridgehead atoms. The molecule has 0 spiro atoms. The van der Waals surface area contributed by atoms with Crippen molar-refractivity contribution < 1.29 is 23.9 Å². The van der Waals surface area contributed by atoms with Crippen molar-refractivity contribution >= 4 is 17.8 Å². The quantitative estimate of drug-likeness (QED) is 0.774. The number of hydrogen-bond donors (Lipinski definition) is 0. The van der Waals surface area contributed by atoms with Crippen LogP contribution in [0.15, 0.2) is 30.3 Å². The minimum Gasteiger partial charge on any atom is -0.444 e. The van der Waals surface area contributed by atoms with Gasteiger partial charge in [-0.3, -0.25) is 4.90 Å². The van der Waals surface area contributed by atoms with Gasteiger partial charge < -0.3 is 14.3 Å². The van der Waals surface area contributed by atoms with E-state index in [1.54, 1.807) is 0 Å². The van der Waals surface area contributed by atoms with Crippen LogP contribution in [0.25, 0.3) is 0 Å². The van der Waals surface area contributed by atoms with E-state index in [4.69, 9.17) is 9.47 Å². The number of nitrogens with zero attached hydrogens (tertiary/aromatic N) is 1. The third-order valence-electron chi connectivity index (χ3n) is 3.20. The Balaban J connectivity index is 1.91. The molecule has 112 valence electrons. The first-order chi connectivity index (χ1) is 10.1. The first-order valence-corrected chi connectivity index (χ1v) is 6.71. The van der Waals surface area contributed by atoms with Gasteiger partial charge in [0.2, 0.25) is 0 Å². The molecule has 0 saturated carbocycles. The van der Waals surface area contributed by atoms with Gasteiger partial charge in [-0.25, -0.2) is 9.59 Å². The fourth-order valence-corrected chi connectivity index (χ4v) is 2.04. The summed E-state index contributed by atoms with van der Waals surface area (Å²) in [5.74, 6) is -0.528. The highest BCUT2D eigenvalue weighted by atomic mass is 16.6. The van der Waals surface area contributed by atoms with Crippen molar-refractivity contribution in [1.29, 1.82) is 0 Å². The van der Waals surface area contributed by atoms with E-state index in [9.17, 15) is 14.4 Å². The molecule has 1 saturated heterocycles. The van der Waals surface area contributed by atoms with Gasteiger partial charge in [-0.05, 0) is 18.9 Å². The molecule has 1 amide bonds. The van der Waals surface area contributed by atoms with Crippen molar-refractivity contribution in [3.8, 4) is 0 Å². The second-order valence-electron chi connectivity index (χ2n) is 4.86. The van der Waals surface area contributed by atoms with Crippen LogP contribution in [0.2, 0.25) is 0 Å². The summed E-state index contributed by atoms with van der Waals surface area (Å²) >= 11 is 0. The van der Waals surface area contributed by atoms with Gasteiger partial charge in [-0.1, -0.05) is 30.3 Å². The highest BCUT2D eigenvalue weighted by molar-refractivity contribution is 5.84. The van der Waals surface area contributed by atoms with Gasteiger partial charge in [-0.2, -0.15) is 0 Å². The first-order valence-electron chi connectivity index (χ1n) is 6.71. The molecule has 6 heteroatoms. The molecule has 1 aromatic carbocycles. The van der Waals surface area contributed by atoms with E-state index < -0.39 is 18.1 Å². The number of amides is 1. The summed E-state index contributed by atoms with van der Waals surface area (Å²) in [5.41, 5.74) is 0.859. The predicted molar refractivity (Wildman–Crippen MR) is 73.1 cm³/mol. The molecule has 1 unspecified atom stereocenters. The van der Waals surface area contributed by atoms with Gasteiger partial charge in [0, 0.05) is 6.42 Å². The number of benzene rings is 1. The molecule has 0 aliphatic carbocycles. The lowest BCUT2D eigenvalue weighted by Gasteiger charge is -2.19. The standard InChI is InChI=1S/C15H17NO5/c1-11(17)7-8-13-14(18)21-10-16(13)15(19)20-9-12-5-3-2-4-6-12/h2-6,13H,7-10H2,1H3. The third kappa shape index (κ3) is 4.05. The van der Waals surface area contributed by atoms with Crippen LogP contribution in [0, 0.1) is 0 Å². The van der Waals surface area contributed by atoms with E-state index >= 15 is 0 Å². The van der Waals surface area contributed by atoms with Crippen LogP contribution in [0.4, 0.5) is 4.79 Å². The summed E-state index contributed by atoms with van der Waals surface area (Å²) in [6, 6.07) is 8.51. The topological polar surface area (TPSA) is 72.9 Å². The van der Waals surface area contributed by atoms with Crippen LogP contribution in [-0.2, 0) is 25.7 Å². The smallest absolute Gasteiger partial charge is 0.413 e. The Morgan fingerprint density at radius 1 is 1.33 bits per heavy atom. The summed E-state index contributed by atoms with van der Waals surface area (Å²) in [6.45, 7) is 1.44. The van der Waals surface area contributed by atoms with E-state index in [1.807, 2.05) is 30.3 Å². The number of carbonyl (C=O) groups is 3. The summed E-state index contributed by atoms with van der Waals surface area (Å²) in [5, 5.41) is 0. The first kappa shape index (κ1) is 15.0. The van der Waals surface area contributed by atoms with Crippen molar-refractivity contribution in [3.05, 3.63) is 35.9 Å². The Kier molecular flexibility index (Phi) is 4.92. The number of rotatable bonds is 5. The van der Waals surface area contributed by atoms with Crippen LogP contribution in [-0.4, -0.2) is 35.5 Å². The zero-order valence-corrected chi connectivity index (χ0v) is 11.8. The van der Waals surface area contributed by atoms with Crippen LogP contribution in [0.1, 0.15) is 25.3 Å². The lowest BCUT2D eigenvalue weighted by atomic mass is 10.1. The van der Waals surface area contributed by atoms with Crippen molar-refractivity contribution in [2.75, 3.05) is 6.73 Å². The minimum atomic E-state index is -0.739. The summed E-state index contributed by atoms with van der Waals surface area (Å²) in [4.78, 5) is 35.8. The van der Waals surface area contributed by atoms with Crippen molar-refractivity contribution in [2.45, 2.75) is 32.4 Å². The molecular formula is C15H17NO5. The number of carbonyl (C=O) groups excluding carboxylic acids is 3. The number of cyclic esters (lactones) is 1. The normalized spacial score (nSPS) is 17.5. The van der Waals surface area contributed by atoms with Gasteiger partial charge in [0.15, 0.2) is 6.73 Å². The molecular weight excluding hydrogens is 274 g/mol. The number of ether oxygens (including phenoxy) is 2. The van der Waals surface area contributed by atoms with Crippen molar-refractivity contribution in [2.24, 2.45) is 0 Å². The number of Topliss-reactive ketones (excluding diaryl/α,β-unsaturated/α-hetero) is 1. The average molecular weight is 291 g/mol. The van der Waals surface area contributed by atoms with E-state index in [0.29, 0.717) is 0 Å². The Labute approximate surface area is 122 Å². The molecule has 1 heterocycles. The Morgan fingerprint density at radius 3 is 2.71 bits per heavy atom. The molecule has 21 heavy (non-hydrogen) atoms. The zero-order chi connectivity index (χ0) is 15.2. The van der Waals surface area contributed by atoms with E-state index in [-0.39, 0.29) is 32.0 Å². The lowest BCUT2D eigenvalue weighted by molar-refractivity contribution is -0.139. The second-order valence-corrected chi connectivity index (χ2v) is 4.86.